The lowest BCUT2D eigenvalue weighted by Gasteiger charge is -2.18. The van der Waals surface area contributed by atoms with Crippen LogP contribution in [0.1, 0.15) is 33.8 Å². The molecule has 0 aliphatic rings. The number of hydrogen-bond donors (Lipinski definition) is 3. The van der Waals surface area contributed by atoms with Gasteiger partial charge in [0.15, 0.2) is 5.78 Å². The zero-order valence-corrected chi connectivity index (χ0v) is 14.0. The third-order valence-corrected chi connectivity index (χ3v) is 4.40. The van der Waals surface area contributed by atoms with E-state index in [-0.39, 0.29) is 18.9 Å². The first-order valence-corrected chi connectivity index (χ1v) is 8.26. The standard InChI is InChI=1S/C17H19NO5S/c1-11(19)16-13(7-8-24-16)15(21)14(20)9-18-17(22)23-10-12-5-3-2-4-6-12/h2-8,14-15,20-21H,9-10H2,1H3,(H,18,22). The zero-order chi connectivity index (χ0) is 17.5. The molecule has 0 aliphatic heterocycles. The highest BCUT2D eigenvalue weighted by Gasteiger charge is 2.24. The Morgan fingerprint density at radius 1 is 1.21 bits per heavy atom. The summed E-state index contributed by atoms with van der Waals surface area (Å²) < 4.78 is 5.02. The van der Waals surface area contributed by atoms with Crippen LogP contribution in [0.3, 0.4) is 0 Å². The lowest BCUT2D eigenvalue weighted by molar-refractivity contribution is 0.0182. The van der Waals surface area contributed by atoms with Crippen molar-refractivity contribution in [1.29, 1.82) is 0 Å². The molecule has 1 aromatic heterocycles. The van der Waals surface area contributed by atoms with Gasteiger partial charge in [0, 0.05) is 12.1 Å². The number of carbonyl (C=O) groups excluding carboxylic acids is 2. The van der Waals surface area contributed by atoms with Crippen LogP contribution in [0.4, 0.5) is 4.79 Å². The molecule has 2 rings (SSSR count). The average Bonchev–Trinajstić information content (AvgIpc) is 3.08. The number of aliphatic hydroxyl groups excluding tert-OH is 2. The molecule has 0 bridgehead atoms. The van der Waals surface area contributed by atoms with Gasteiger partial charge in [0.1, 0.15) is 18.8 Å². The molecule has 1 heterocycles. The summed E-state index contributed by atoms with van der Waals surface area (Å²) >= 11 is 1.20. The zero-order valence-electron chi connectivity index (χ0n) is 13.1. The van der Waals surface area contributed by atoms with Crippen molar-refractivity contribution in [2.45, 2.75) is 25.7 Å². The second-order valence-corrected chi connectivity index (χ2v) is 6.13. The maximum Gasteiger partial charge on any atom is 0.407 e. The van der Waals surface area contributed by atoms with Crippen LogP contribution in [0.2, 0.25) is 0 Å². The molecule has 1 aromatic carbocycles. The van der Waals surface area contributed by atoms with Gasteiger partial charge in [-0.15, -0.1) is 11.3 Å². The van der Waals surface area contributed by atoms with Gasteiger partial charge in [0.05, 0.1) is 4.88 Å². The van der Waals surface area contributed by atoms with Crippen molar-refractivity contribution in [2.24, 2.45) is 0 Å². The molecule has 7 heteroatoms. The van der Waals surface area contributed by atoms with Crippen LogP contribution < -0.4 is 5.32 Å². The lowest BCUT2D eigenvalue weighted by Crippen LogP contribution is -2.36. The lowest BCUT2D eigenvalue weighted by atomic mass is 10.0. The fourth-order valence-corrected chi connectivity index (χ4v) is 2.96. The van der Waals surface area contributed by atoms with Crippen molar-refractivity contribution in [3.8, 4) is 0 Å². The van der Waals surface area contributed by atoms with Crippen LogP contribution in [-0.2, 0) is 11.3 Å². The first-order chi connectivity index (χ1) is 11.5. The average molecular weight is 349 g/mol. The molecule has 2 atom stereocenters. The Bertz CT molecular complexity index is 685. The molecule has 0 saturated heterocycles. The van der Waals surface area contributed by atoms with Gasteiger partial charge in [-0.1, -0.05) is 30.3 Å². The molecule has 2 aromatic rings. The molecular formula is C17H19NO5S. The van der Waals surface area contributed by atoms with E-state index >= 15 is 0 Å². The largest absolute Gasteiger partial charge is 0.445 e. The summed E-state index contributed by atoms with van der Waals surface area (Å²) in [5, 5.41) is 24.2. The normalized spacial score (nSPS) is 13.1. The van der Waals surface area contributed by atoms with Crippen molar-refractivity contribution in [1.82, 2.24) is 5.32 Å². The van der Waals surface area contributed by atoms with Crippen molar-refractivity contribution in [3.63, 3.8) is 0 Å². The number of alkyl carbamates (subject to hydrolysis) is 1. The number of Topliss-reactive ketones (excluding diaryl/α,β-unsaturated/α-hetero) is 1. The minimum absolute atomic E-state index is 0.115. The number of nitrogens with one attached hydrogen (secondary N) is 1. The molecule has 2 unspecified atom stereocenters. The molecule has 0 aliphatic carbocycles. The Hall–Kier alpha value is -2.22. The Morgan fingerprint density at radius 2 is 1.92 bits per heavy atom. The van der Waals surface area contributed by atoms with Gasteiger partial charge in [-0.3, -0.25) is 4.79 Å². The van der Waals surface area contributed by atoms with Gasteiger partial charge in [-0.25, -0.2) is 4.79 Å². The number of hydrogen-bond acceptors (Lipinski definition) is 6. The number of ether oxygens (including phenoxy) is 1. The fraction of sp³-hybridized carbons (Fsp3) is 0.294. The molecule has 0 fully saturated rings. The van der Waals surface area contributed by atoms with Crippen LogP contribution in [-0.4, -0.2) is 34.7 Å². The maximum absolute atomic E-state index is 11.6. The van der Waals surface area contributed by atoms with E-state index in [1.54, 1.807) is 11.4 Å². The second-order valence-electron chi connectivity index (χ2n) is 5.22. The van der Waals surface area contributed by atoms with Crippen LogP contribution in [0, 0.1) is 0 Å². The van der Waals surface area contributed by atoms with Crippen LogP contribution >= 0.6 is 11.3 Å². The minimum atomic E-state index is -1.26. The maximum atomic E-state index is 11.6. The number of ketones is 1. The van der Waals surface area contributed by atoms with Gasteiger partial charge in [-0.2, -0.15) is 0 Å². The number of aliphatic hydroxyl groups is 2. The van der Waals surface area contributed by atoms with E-state index < -0.39 is 18.3 Å². The SMILES string of the molecule is CC(=O)c1sccc1C(O)C(O)CNC(=O)OCc1ccccc1. The summed E-state index contributed by atoms with van der Waals surface area (Å²) in [7, 11) is 0. The highest BCUT2D eigenvalue weighted by Crippen LogP contribution is 2.26. The third kappa shape index (κ3) is 4.89. The van der Waals surface area contributed by atoms with Crippen molar-refractivity contribution < 1.29 is 24.5 Å². The minimum Gasteiger partial charge on any atom is -0.445 e. The van der Waals surface area contributed by atoms with Gasteiger partial charge >= 0.3 is 6.09 Å². The topological polar surface area (TPSA) is 95.9 Å². The first kappa shape index (κ1) is 18.1. The summed E-state index contributed by atoms with van der Waals surface area (Å²) in [6.07, 6.45) is -3.20. The Kier molecular flexibility index (Phi) is 6.48. The van der Waals surface area contributed by atoms with Gasteiger partial charge in [-0.05, 0) is 23.9 Å². The molecule has 24 heavy (non-hydrogen) atoms. The van der Waals surface area contributed by atoms with E-state index in [0.29, 0.717) is 10.4 Å². The van der Waals surface area contributed by atoms with Crippen molar-refractivity contribution in [2.75, 3.05) is 6.54 Å². The number of carbonyl (C=O) groups is 2. The third-order valence-electron chi connectivity index (χ3n) is 3.37. The van der Waals surface area contributed by atoms with Crippen LogP contribution in [0.25, 0.3) is 0 Å². The van der Waals surface area contributed by atoms with Crippen molar-refractivity contribution in [3.05, 3.63) is 57.8 Å². The molecule has 128 valence electrons. The quantitative estimate of drug-likeness (QED) is 0.667. The Morgan fingerprint density at radius 3 is 2.58 bits per heavy atom. The summed E-state index contributed by atoms with van der Waals surface area (Å²) in [4.78, 5) is 23.5. The van der Waals surface area contributed by atoms with E-state index in [2.05, 4.69) is 5.32 Å². The highest BCUT2D eigenvalue weighted by atomic mass is 32.1. The fourth-order valence-electron chi connectivity index (χ4n) is 2.12. The van der Waals surface area contributed by atoms with E-state index in [1.807, 2.05) is 30.3 Å². The van der Waals surface area contributed by atoms with Crippen molar-refractivity contribution >= 4 is 23.2 Å². The van der Waals surface area contributed by atoms with Gasteiger partial charge in [0.25, 0.3) is 0 Å². The molecule has 0 radical (unpaired) electrons. The predicted molar refractivity (Wildman–Crippen MR) is 89.9 cm³/mol. The van der Waals surface area contributed by atoms with E-state index in [4.69, 9.17) is 4.74 Å². The summed E-state index contributed by atoms with van der Waals surface area (Å²) in [6, 6.07) is 10.8. The van der Waals surface area contributed by atoms with E-state index in [1.165, 1.54) is 18.3 Å². The Labute approximate surface area is 143 Å². The number of rotatable bonds is 7. The predicted octanol–water partition coefficient (Wildman–Crippen LogP) is 2.27. The molecule has 1 amide bonds. The van der Waals surface area contributed by atoms with Gasteiger partial charge < -0.3 is 20.3 Å². The monoisotopic (exact) mass is 349 g/mol. The number of amides is 1. The molecule has 0 spiro atoms. The molecular weight excluding hydrogens is 330 g/mol. The Balaban J connectivity index is 1.81. The molecule has 6 nitrogen and oxygen atoms in total. The summed E-state index contributed by atoms with van der Waals surface area (Å²) in [5.74, 6) is -0.179. The number of benzene rings is 1. The summed E-state index contributed by atoms with van der Waals surface area (Å²) in [5.41, 5.74) is 1.21. The van der Waals surface area contributed by atoms with Crippen LogP contribution in [0.5, 0.6) is 0 Å². The molecule has 0 saturated carbocycles. The van der Waals surface area contributed by atoms with Crippen LogP contribution in [0.15, 0.2) is 41.8 Å². The number of thiophene rings is 1. The molecule has 3 N–H and O–H groups in total. The van der Waals surface area contributed by atoms with E-state index in [0.717, 1.165) is 5.56 Å². The smallest absolute Gasteiger partial charge is 0.407 e. The highest BCUT2D eigenvalue weighted by molar-refractivity contribution is 7.12. The van der Waals surface area contributed by atoms with Gasteiger partial charge in [0.2, 0.25) is 0 Å². The first-order valence-electron chi connectivity index (χ1n) is 7.38. The summed E-state index contributed by atoms with van der Waals surface area (Å²) in [6.45, 7) is 1.32. The van der Waals surface area contributed by atoms with E-state index in [9.17, 15) is 19.8 Å². The second kappa shape index (κ2) is 8.58.